The maximum Gasteiger partial charge on any atom is 0.129 e. The lowest BCUT2D eigenvalue weighted by Crippen LogP contribution is -2.23. The second-order valence-corrected chi connectivity index (χ2v) is 6.72. The van der Waals surface area contributed by atoms with Crippen LogP contribution < -0.4 is 5.32 Å². The third kappa shape index (κ3) is 3.76. The predicted molar refractivity (Wildman–Crippen MR) is 95.6 cm³/mol. The molecular formula is C17H18ClFIN. The third-order valence-corrected chi connectivity index (χ3v) is 4.69. The molecule has 0 heterocycles. The first-order valence-corrected chi connectivity index (χ1v) is 8.34. The number of benzene rings is 2. The smallest absolute Gasteiger partial charge is 0.129 e. The minimum Gasteiger partial charge on any atom is -0.306 e. The molecule has 4 heteroatoms. The van der Waals surface area contributed by atoms with Gasteiger partial charge in [0, 0.05) is 8.59 Å². The second kappa shape index (κ2) is 7.07. The first kappa shape index (κ1) is 16.7. The van der Waals surface area contributed by atoms with Gasteiger partial charge in [-0.05, 0) is 83.4 Å². The number of rotatable bonds is 4. The van der Waals surface area contributed by atoms with Gasteiger partial charge >= 0.3 is 0 Å². The van der Waals surface area contributed by atoms with Crippen LogP contribution in [0.5, 0.6) is 0 Å². The molecule has 1 unspecified atom stereocenters. The molecule has 1 nitrogen and oxygen atoms in total. The summed E-state index contributed by atoms with van der Waals surface area (Å²) in [6, 6.07) is 9.70. The molecule has 0 amide bonds. The fourth-order valence-electron chi connectivity index (χ4n) is 2.49. The lowest BCUT2D eigenvalue weighted by molar-refractivity contribution is 0.598. The number of hydrogen-bond acceptors (Lipinski definition) is 1. The minimum atomic E-state index is -0.130. The SMILES string of the molecule is CCNC(c1cc(C)c(F)c(C)c1)c1cc(Cl)ccc1I. The maximum atomic E-state index is 13.9. The summed E-state index contributed by atoms with van der Waals surface area (Å²) in [5.74, 6) is -0.130. The monoisotopic (exact) mass is 417 g/mol. The summed E-state index contributed by atoms with van der Waals surface area (Å²) in [6.45, 7) is 6.49. The van der Waals surface area contributed by atoms with Crippen LogP contribution in [0.3, 0.4) is 0 Å². The summed E-state index contributed by atoms with van der Waals surface area (Å²) in [6.07, 6.45) is 0. The quantitative estimate of drug-likeness (QED) is 0.657. The van der Waals surface area contributed by atoms with Crippen molar-refractivity contribution in [2.24, 2.45) is 0 Å². The van der Waals surface area contributed by atoms with E-state index >= 15 is 0 Å². The first-order chi connectivity index (χ1) is 9.93. The summed E-state index contributed by atoms with van der Waals surface area (Å²) in [7, 11) is 0. The third-order valence-electron chi connectivity index (χ3n) is 3.47. The molecule has 21 heavy (non-hydrogen) atoms. The zero-order valence-corrected chi connectivity index (χ0v) is 15.2. The highest BCUT2D eigenvalue weighted by Crippen LogP contribution is 2.30. The summed E-state index contributed by atoms with van der Waals surface area (Å²) < 4.78 is 15.0. The minimum absolute atomic E-state index is 0.0126. The molecule has 1 N–H and O–H groups in total. The van der Waals surface area contributed by atoms with Crippen LogP contribution in [0, 0.1) is 23.2 Å². The van der Waals surface area contributed by atoms with E-state index in [1.54, 1.807) is 13.8 Å². The van der Waals surface area contributed by atoms with Crippen molar-refractivity contribution in [1.82, 2.24) is 5.32 Å². The molecule has 1 atom stereocenters. The molecule has 0 saturated heterocycles. The zero-order valence-electron chi connectivity index (χ0n) is 12.3. The van der Waals surface area contributed by atoms with Crippen LogP contribution >= 0.6 is 34.2 Å². The Bertz CT molecular complexity index is 634. The molecule has 2 aromatic carbocycles. The van der Waals surface area contributed by atoms with Gasteiger partial charge in [-0.1, -0.05) is 30.7 Å². The molecule has 0 bridgehead atoms. The van der Waals surface area contributed by atoms with Gasteiger partial charge < -0.3 is 5.32 Å². The van der Waals surface area contributed by atoms with Gasteiger partial charge in [0.05, 0.1) is 6.04 Å². The molecule has 0 aliphatic rings. The normalized spacial score (nSPS) is 12.5. The van der Waals surface area contributed by atoms with E-state index in [0.717, 1.165) is 21.2 Å². The lowest BCUT2D eigenvalue weighted by Gasteiger charge is -2.22. The van der Waals surface area contributed by atoms with Crippen LogP contribution in [0.15, 0.2) is 30.3 Å². The summed E-state index contributed by atoms with van der Waals surface area (Å²) in [5, 5.41) is 4.18. The molecule has 0 saturated carbocycles. The molecule has 0 spiro atoms. The molecule has 0 aromatic heterocycles. The van der Waals surface area contributed by atoms with E-state index in [9.17, 15) is 4.39 Å². The van der Waals surface area contributed by atoms with Gasteiger partial charge in [-0.2, -0.15) is 0 Å². The standard InChI is InChI=1S/C17H18ClFIN/c1-4-21-17(14-9-13(18)5-6-15(14)20)12-7-10(2)16(19)11(3)8-12/h5-9,17,21H,4H2,1-3H3. The van der Waals surface area contributed by atoms with E-state index in [1.807, 2.05) is 30.3 Å². The van der Waals surface area contributed by atoms with E-state index in [0.29, 0.717) is 16.1 Å². The summed E-state index contributed by atoms with van der Waals surface area (Å²) in [4.78, 5) is 0. The number of nitrogens with one attached hydrogen (secondary N) is 1. The Labute approximate surface area is 144 Å². The van der Waals surface area contributed by atoms with Crippen molar-refractivity contribution in [3.63, 3.8) is 0 Å². The van der Waals surface area contributed by atoms with Crippen molar-refractivity contribution in [3.05, 3.63) is 67.0 Å². The van der Waals surface area contributed by atoms with Gasteiger partial charge in [0.1, 0.15) is 5.82 Å². The Balaban J connectivity index is 2.56. The van der Waals surface area contributed by atoms with Crippen molar-refractivity contribution in [1.29, 1.82) is 0 Å². The fourth-order valence-corrected chi connectivity index (χ4v) is 3.32. The Morgan fingerprint density at radius 3 is 2.38 bits per heavy atom. The van der Waals surface area contributed by atoms with Crippen molar-refractivity contribution in [2.75, 3.05) is 6.54 Å². The largest absolute Gasteiger partial charge is 0.306 e. The molecule has 0 fully saturated rings. The van der Waals surface area contributed by atoms with Crippen molar-refractivity contribution in [3.8, 4) is 0 Å². The van der Waals surface area contributed by atoms with Crippen LogP contribution in [0.1, 0.15) is 35.2 Å². The van der Waals surface area contributed by atoms with Gasteiger partial charge in [-0.25, -0.2) is 4.39 Å². The topological polar surface area (TPSA) is 12.0 Å². The molecule has 2 rings (SSSR count). The average molecular weight is 418 g/mol. The molecule has 0 aliphatic carbocycles. The fraction of sp³-hybridized carbons (Fsp3) is 0.294. The number of aryl methyl sites for hydroxylation is 2. The van der Waals surface area contributed by atoms with E-state index in [2.05, 4.69) is 34.8 Å². The van der Waals surface area contributed by atoms with E-state index in [4.69, 9.17) is 11.6 Å². The first-order valence-electron chi connectivity index (χ1n) is 6.89. The maximum absolute atomic E-state index is 13.9. The van der Waals surface area contributed by atoms with Crippen molar-refractivity contribution >= 4 is 34.2 Å². The van der Waals surface area contributed by atoms with E-state index in [-0.39, 0.29) is 11.9 Å². The number of halogens is 3. The lowest BCUT2D eigenvalue weighted by atomic mass is 9.95. The summed E-state index contributed by atoms with van der Waals surface area (Å²) >= 11 is 8.46. The molecule has 0 radical (unpaired) electrons. The molecular weight excluding hydrogens is 400 g/mol. The highest BCUT2D eigenvalue weighted by Gasteiger charge is 2.18. The zero-order chi connectivity index (χ0) is 15.6. The Morgan fingerprint density at radius 2 is 1.81 bits per heavy atom. The van der Waals surface area contributed by atoms with Gasteiger partial charge in [0.15, 0.2) is 0 Å². The van der Waals surface area contributed by atoms with Crippen LogP contribution in [0.25, 0.3) is 0 Å². The van der Waals surface area contributed by atoms with Gasteiger partial charge in [-0.15, -0.1) is 0 Å². The Kier molecular flexibility index (Phi) is 5.63. The van der Waals surface area contributed by atoms with Gasteiger partial charge in [0.2, 0.25) is 0 Å². The predicted octanol–water partition coefficient (Wildman–Crippen LogP) is 5.40. The molecule has 2 aromatic rings. The van der Waals surface area contributed by atoms with Crippen LogP contribution in [-0.2, 0) is 0 Å². The van der Waals surface area contributed by atoms with Gasteiger partial charge in [0.25, 0.3) is 0 Å². The highest BCUT2D eigenvalue weighted by atomic mass is 127. The second-order valence-electron chi connectivity index (χ2n) is 5.13. The van der Waals surface area contributed by atoms with Crippen LogP contribution in [0.4, 0.5) is 4.39 Å². The van der Waals surface area contributed by atoms with Crippen LogP contribution in [-0.4, -0.2) is 6.54 Å². The van der Waals surface area contributed by atoms with Gasteiger partial charge in [-0.3, -0.25) is 0 Å². The molecule has 112 valence electrons. The summed E-state index contributed by atoms with van der Waals surface area (Å²) in [5.41, 5.74) is 3.53. The van der Waals surface area contributed by atoms with E-state index < -0.39 is 0 Å². The molecule has 0 aliphatic heterocycles. The number of hydrogen-bond donors (Lipinski definition) is 1. The van der Waals surface area contributed by atoms with Crippen molar-refractivity contribution < 1.29 is 4.39 Å². The average Bonchev–Trinajstić information content (AvgIpc) is 2.44. The Hall–Kier alpha value is -0.650. The van der Waals surface area contributed by atoms with Crippen molar-refractivity contribution in [2.45, 2.75) is 26.8 Å². The van der Waals surface area contributed by atoms with Crippen LogP contribution in [0.2, 0.25) is 5.02 Å². The van der Waals surface area contributed by atoms with E-state index in [1.165, 1.54) is 0 Å². The highest BCUT2D eigenvalue weighted by molar-refractivity contribution is 14.1. The Morgan fingerprint density at radius 1 is 1.19 bits per heavy atom.